The van der Waals surface area contributed by atoms with E-state index in [1.807, 2.05) is 25.1 Å². The van der Waals surface area contributed by atoms with Crippen molar-refractivity contribution in [1.82, 2.24) is 20.3 Å². The van der Waals surface area contributed by atoms with E-state index in [0.717, 1.165) is 54.9 Å². The average Bonchev–Trinajstić information content (AvgIpc) is 3.30. The lowest BCUT2D eigenvalue weighted by molar-refractivity contribution is -0.111. The molecule has 1 unspecified atom stereocenters. The van der Waals surface area contributed by atoms with Gasteiger partial charge in [0, 0.05) is 48.7 Å². The number of carbonyl (C=O) groups is 1. The van der Waals surface area contributed by atoms with Gasteiger partial charge in [-0.25, -0.2) is 14.8 Å². The van der Waals surface area contributed by atoms with Crippen molar-refractivity contribution in [3.05, 3.63) is 60.4 Å². The second kappa shape index (κ2) is 10.6. The third-order valence-corrected chi connectivity index (χ3v) is 6.74. The molecule has 3 aromatic rings. The first-order valence-corrected chi connectivity index (χ1v) is 12.4. The van der Waals surface area contributed by atoms with Crippen LogP contribution in [0, 0.1) is 5.82 Å². The van der Waals surface area contributed by atoms with Crippen molar-refractivity contribution in [2.24, 2.45) is 0 Å². The number of hydrogen-bond donors (Lipinski definition) is 4. The van der Waals surface area contributed by atoms with Crippen molar-refractivity contribution in [2.75, 3.05) is 61.3 Å². The second-order valence-corrected chi connectivity index (χ2v) is 9.34. The van der Waals surface area contributed by atoms with Crippen LogP contribution in [0.25, 0.3) is 11.3 Å². The number of benzene rings is 2. The Balaban J connectivity index is 1.52. The highest BCUT2D eigenvalue weighted by Crippen LogP contribution is 2.39. The van der Waals surface area contributed by atoms with Crippen LogP contribution >= 0.6 is 0 Å². The number of methoxy groups -OCH3 is 1. The van der Waals surface area contributed by atoms with E-state index in [1.54, 1.807) is 13.2 Å². The Hall–Kier alpha value is -4.22. The molecule has 1 amide bonds. The molecule has 0 spiro atoms. The predicted molar refractivity (Wildman–Crippen MR) is 147 cm³/mol. The van der Waals surface area contributed by atoms with Gasteiger partial charge in [0.05, 0.1) is 24.5 Å². The minimum Gasteiger partial charge on any atom is -0.495 e. The fourth-order valence-electron chi connectivity index (χ4n) is 4.65. The van der Waals surface area contributed by atoms with Gasteiger partial charge in [-0.05, 0) is 56.4 Å². The van der Waals surface area contributed by atoms with E-state index in [-0.39, 0.29) is 17.5 Å². The van der Waals surface area contributed by atoms with Crippen LogP contribution in [-0.2, 0) is 4.79 Å². The third-order valence-electron chi connectivity index (χ3n) is 6.74. The molecule has 0 bridgehead atoms. The van der Waals surface area contributed by atoms with Gasteiger partial charge < -0.3 is 30.6 Å². The fourth-order valence-corrected chi connectivity index (χ4v) is 4.65. The molecule has 0 radical (unpaired) electrons. The van der Waals surface area contributed by atoms with E-state index in [1.165, 1.54) is 12.1 Å². The summed E-state index contributed by atoms with van der Waals surface area (Å²) in [6, 6.07) is 10.0. The molecule has 11 heteroatoms. The Bertz CT molecular complexity index is 1370. The molecular weight excluding hydrogens is 487 g/mol. The van der Waals surface area contributed by atoms with Crippen LogP contribution in [0.5, 0.6) is 5.75 Å². The maximum atomic E-state index is 15.1. The van der Waals surface area contributed by atoms with Gasteiger partial charge in [-0.2, -0.15) is 4.98 Å². The van der Waals surface area contributed by atoms with Crippen molar-refractivity contribution in [2.45, 2.75) is 13.0 Å². The minimum atomic E-state index is -0.464. The topological polar surface area (TPSA) is 107 Å². The summed E-state index contributed by atoms with van der Waals surface area (Å²) in [4.78, 5) is 25.8. The van der Waals surface area contributed by atoms with Crippen LogP contribution in [0.2, 0.25) is 0 Å². The molecule has 1 aromatic heterocycles. The number of ether oxygens (including phenoxy) is 1. The summed E-state index contributed by atoms with van der Waals surface area (Å²) in [6.45, 7) is 9.12. The predicted octanol–water partition coefficient (Wildman–Crippen LogP) is 3.90. The quantitative estimate of drug-likeness (QED) is 0.347. The number of piperazine rings is 1. The lowest BCUT2D eigenvalue weighted by atomic mass is 10.0. The lowest BCUT2D eigenvalue weighted by Crippen LogP contribution is -2.44. The number of aromatic nitrogens is 2. The molecule has 5 rings (SSSR count). The number of carbonyl (C=O) groups excluding carboxylic acids is 1. The van der Waals surface area contributed by atoms with Crippen LogP contribution in [0.4, 0.5) is 33.2 Å². The molecular formula is C27H31FN8O2. The molecule has 0 aliphatic carbocycles. The summed E-state index contributed by atoms with van der Waals surface area (Å²) in [5.74, 6) is 0.796. The summed E-state index contributed by atoms with van der Waals surface area (Å²) in [6.07, 6.45) is 1.16. The Labute approximate surface area is 220 Å². The van der Waals surface area contributed by atoms with Gasteiger partial charge in [0.1, 0.15) is 11.6 Å². The minimum absolute atomic E-state index is 0.162. The van der Waals surface area contributed by atoms with E-state index in [9.17, 15) is 4.79 Å². The number of rotatable bonds is 7. The molecule has 10 nitrogen and oxygen atoms in total. The molecule has 1 fully saturated rings. The number of nitrogens with zero attached hydrogens (tertiary/aromatic N) is 4. The number of fused-ring (bicyclic) bond motifs is 1. The Kier molecular flexibility index (Phi) is 7.12. The van der Waals surface area contributed by atoms with Crippen molar-refractivity contribution >= 4 is 34.7 Å². The number of amides is 1. The van der Waals surface area contributed by atoms with E-state index < -0.39 is 5.82 Å². The molecule has 2 aromatic carbocycles. The summed E-state index contributed by atoms with van der Waals surface area (Å²) >= 11 is 0. The smallest absolute Gasteiger partial charge is 0.247 e. The number of halogens is 1. The lowest BCUT2D eigenvalue weighted by Gasteiger charge is -2.35. The first-order chi connectivity index (χ1) is 18.4. The van der Waals surface area contributed by atoms with Gasteiger partial charge in [0.2, 0.25) is 11.9 Å². The maximum absolute atomic E-state index is 15.1. The van der Waals surface area contributed by atoms with Gasteiger partial charge in [-0.3, -0.25) is 4.79 Å². The van der Waals surface area contributed by atoms with E-state index in [0.29, 0.717) is 23.1 Å². The Morgan fingerprint density at radius 1 is 1.16 bits per heavy atom. The average molecular weight is 519 g/mol. The van der Waals surface area contributed by atoms with E-state index >= 15 is 4.39 Å². The highest BCUT2D eigenvalue weighted by Gasteiger charge is 2.28. The highest BCUT2D eigenvalue weighted by atomic mass is 19.1. The summed E-state index contributed by atoms with van der Waals surface area (Å²) in [7, 11) is 3.78. The van der Waals surface area contributed by atoms with Crippen LogP contribution in [0.1, 0.15) is 18.5 Å². The van der Waals surface area contributed by atoms with E-state index in [2.05, 4.69) is 49.9 Å². The second-order valence-electron chi connectivity index (χ2n) is 9.34. The molecule has 0 saturated carbocycles. The first kappa shape index (κ1) is 25.4. The van der Waals surface area contributed by atoms with Crippen LogP contribution in [-0.4, -0.2) is 61.1 Å². The maximum Gasteiger partial charge on any atom is 0.247 e. The van der Waals surface area contributed by atoms with Gasteiger partial charge in [-0.1, -0.05) is 6.58 Å². The molecule has 1 atom stereocenters. The molecule has 38 heavy (non-hydrogen) atoms. The van der Waals surface area contributed by atoms with Crippen molar-refractivity contribution in [1.29, 1.82) is 0 Å². The van der Waals surface area contributed by atoms with Crippen LogP contribution < -0.4 is 31.1 Å². The fraction of sp³-hybridized carbons (Fsp3) is 0.296. The molecule has 1 saturated heterocycles. The first-order valence-electron chi connectivity index (χ1n) is 12.4. The molecule has 4 N–H and O–H groups in total. The zero-order valence-electron chi connectivity index (χ0n) is 21.6. The van der Waals surface area contributed by atoms with Crippen molar-refractivity contribution in [3.63, 3.8) is 0 Å². The highest BCUT2D eigenvalue weighted by molar-refractivity contribution is 5.99. The van der Waals surface area contributed by atoms with Gasteiger partial charge >= 0.3 is 0 Å². The van der Waals surface area contributed by atoms with Gasteiger partial charge in [0.15, 0.2) is 5.82 Å². The Morgan fingerprint density at radius 3 is 2.66 bits per heavy atom. The number of hydrazine groups is 1. The molecule has 198 valence electrons. The summed E-state index contributed by atoms with van der Waals surface area (Å²) in [5, 5.41) is 5.97. The standard InChI is InChI=1S/C27H31FN8O2/c1-5-23(37)29-17-6-8-20(28)19(14-17)25-24-16(2)33-34-26(24)32-27(31-25)30-18-7-9-22(38-4)21(15-18)36-12-10-35(3)11-13-36/h5-9,14-16,33H,1,10-13H2,2-4H3,(H,29,37)(H2,30,31,32,34). The van der Waals surface area contributed by atoms with Crippen LogP contribution in [0.3, 0.4) is 0 Å². The van der Waals surface area contributed by atoms with E-state index in [4.69, 9.17) is 9.72 Å². The van der Waals surface area contributed by atoms with Crippen molar-refractivity contribution < 1.29 is 13.9 Å². The normalized spacial score (nSPS) is 16.9. The van der Waals surface area contributed by atoms with Crippen molar-refractivity contribution in [3.8, 4) is 17.0 Å². The summed E-state index contributed by atoms with van der Waals surface area (Å²) in [5.41, 5.74) is 9.78. The zero-order valence-corrected chi connectivity index (χ0v) is 21.6. The number of likely N-dealkylation sites (N-methyl/N-ethyl adjacent to an activating group) is 1. The molecule has 3 heterocycles. The Morgan fingerprint density at radius 2 is 1.92 bits per heavy atom. The molecule has 2 aliphatic heterocycles. The number of anilines is 5. The third kappa shape index (κ3) is 5.11. The van der Waals surface area contributed by atoms with Gasteiger partial charge in [-0.15, -0.1) is 0 Å². The number of hydrogen-bond acceptors (Lipinski definition) is 9. The monoisotopic (exact) mass is 518 g/mol. The van der Waals surface area contributed by atoms with Crippen LogP contribution in [0.15, 0.2) is 49.1 Å². The molecule has 2 aliphatic rings. The summed E-state index contributed by atoms with van der Waals surface area (Å²) < 4.78 is 20.8. The number of nitrogens with one attached hydrogen (secondary N) is 4. The SMILES string of the molecule is C=CC(=O)Nc1ccc(F)c(-c2nc(Nc3ccc(OC)c(N4CCN(C)CC4)c3)nc3c2C(C)NN3)c1. The zero-order chi connectivity index (χ0) is 26.8. The van der Waals surface area contributed by atoms with Gasteiger partial charge in [0.25, 0.3) is 0 Å². The largest absolute Gasteiger partial charge is 0.495 e.